The minimum atomic E-state index is -4.52. The molecule has 1 aliphatic rings. The van der Waals surface area contributed by atoms with Crippen LogP contribution >= 0.6 is 0 Å². The minimum absolute atomic E-state index is 0.296. The summed E-state index contributed by atoms with van der Waals surface area (Å²) in [5.74, 6) is 1.60. The maximum absolute atomic E-state index is 13.6. The molecule has 0 aliphatic carbocycles. The van der Waals surface area contributed by atoms with Gasteiger partial charge >= 0.3 is 12.2 Å². The predicted octanol–water partition coefficient (Wildman–Crippen LogP) is 6.22. The fourth-order valence-electron chi connectivity index (χ4n) is 4.50. The maximum Gasteiger partial charge on any atom is 0.416 e. The molecule has 3 aromatic rings. The number of carbonyl (C=O) groups is 1. The molecule has 0 spiro atoms. The second-order valence-electron chi connectivity index (χ2n) is 8.49. The molecule has 36 heavy (non-hydrogen) atoms. The first kappa shape index (κ1) is 25.2. The number of methoxy groups -OCH3 is 3. The number of nitrogens with zero attached hydrogens (tertiary/aromatic N) is 1. The first-order valence-electron chi connectivity index (χ1n) is 11.3. The lowest BCUT2D eigenvalue weighted by atomic mass is 9.87. The van der Waals surface area contributed by atoms with Crippen LogP contribution in [0.2, 0.25) is 0 Å². The third-order valence-corrected chi connectivity index (χ3v) is 6.34. The Morgan fingerprint density at radius 3 is 2.33 bits per heavy atom. The molecule has 1 N–H and O–H groups in total. The molecule has 3 aromatic carbocycles. The van der Waals surface area contributed by atoms with Crippen molar-refractivity contribution in [1.29, 1.82) is 0 Å². The second-order valence-corrected chi connectivity index (χ2v) is 8.49. The van der Waals surface area contributed by atoms with Crippen molar-refractivity contribution in [2.24, 2.45) is 0 Å². The van der Waals surface area contributed by atoms with Crippen LogP contribution in [0.15, 0.2) is 54.6 Å². The third-order valence-electron chi connectivity index (χ3n) is 6.34. The van der Waals surface area contributed by atoms with Crippen LogP contribution < -0.4 is 19.5 Å². The number of aryl methyl sites for hydroxylation is 1. The average Bonchev–Trinajstić information content (AvgIpc) is 2.87. The van der Waals surface area contributed by atoms with Crippen molar-refractivity contribution in [2.45, 2.75) is 25.6 Å². The van der Waals surface area contributed by atoms with Gasteiger partial charge in [0.15, 0.2) is 11.5 Å². The quantitative estimate of drug-likeness (QED) is 0.452. The molecule has 190 valence electrons. The lowest BCUT2D eigenvalue weighted by Crippen LogP contribution is -2.43. The first-order chi connectivity index (χ1) is 17.2. The highest BCUT2D eigenvalue weighted by Crippen LogP contribution is 2.42. The van der Waals surface area contributed by atoms with Gasteiger partial charge in [0.2, 0.25) is 0 Å². The lowest BCUT2D eigenvalue weighted by Gasteiger charge is -2.38. The van der Waals surface area contributed by atoms with E-state index < -0.39 is 23.8 Å². The topological polar surface area (TPSA) is 60.0 Å². The number of ether oxygens (including phenoxy) is 3. The van der Waals surface area contributed by atoms with Crippen molar-refractivity contribution in [3.05, 3.63) is 82.4 Å². The van der Waals surface area contributed by atoms with E-state index in [4.69, 9.17) is 14.2 Å². The van der Waals surface area contributed by atoms with Gasteiger partial charge in [0.25, 0.3) is 0 Å². The Labute approximate surface area is 207 Å². The monoisotopic (exact) mass is 500 g/mol. The summed E-state index contributed by atoms with van der Waals surface area (Å²) in [6.45, 7) is 2.13. The average molecular weight is 501 g/mol. The Kier molecular flexibility index (Phi) is 7.01. The smallest absolute Gasteiger partial charge is 0.416 e. The van der Waals surface area contributed by atoms with Gasteiger partial charge in [-0.05, 0) is 78.1 Å². The van der Waals surface area contributed by atoms with Crippen LogP contribution in [0.1, 0.15) is 33.9 Å². The molecule has 9 heteroatoms. The third kappa shape index (κ3) is 4.91. The Balaban J connectivity index is 1.79. The molecule has 0 fully saturated rings. The summed E-state index contributed by atoms with van der Waals surface area (Å²) in [4.78, 5) is 15.1. The van der Waals surface area contributed by atoms with E-state index in [1.54, 1.807) is 42.3 Å². The van der Waals surface area contributed by atoms with Crippen LogP contribution in [-0.2, 0) is 12.6 Å². The van der Waals surface area contributed by atoms with Gasteiger partial charge in [0, 0.05) is 12.2 Å². The number of anilines is 1. The standard InChI is InChI=1S/C27H27F3N2O4/c1-16-12-20(34-2)8-9-22(16)31-26(33)32-11-10-17-14-23(35-3)24(36-4)15-21(17)25(32)18-6-5-7-19(13-18)27(28,29)30/h5-9,12-15,25H,10-11H2,1-4H3,(H,31,33). The number of fused-ring (bicyclic) bond motifs is 1. The zero-order chi connectivity index (χ0) is 26.0. The molecular formula is C27H27F3N2O4. The summed E-state index contributed by atoms with van der Waals surface area (Å²) >= 11 is 0. The molecule has 4 rings (SSSR count). The van der Waals surface area contributed by atoms with Gasteiger partial charge in [0.1, 0.15) is 5.75 Å². The van der Waals surface area contributed by atoms with E-state index in [0.717, 1.165) is 23.3 Å². The number of carbonyl (C=O) groups excluding carboxylic acids is 1. The highest BCUT2D eigenvalue weighted by atomic mass is 19.4. The summed E-state index contributed by atoms with van der Waals surface area (Å²) in [5.41, 5.74) is 2.50. The number of rotatable bonds is 5. The van der Waals surface area contributed by atoms with Crippen molar-refractivity contribution < 1.29 is 32.2 Å². The molecule has 2 amide bonds. The Hall–Kier alpha value is -3.88. The molecule has 0 saturated carbocycles. The van der Waals surface area contributed by atoms with Crippen molar-refractivity contribution in [3.8, 4) is 17.2 Å². The molecule has 6 nitrogen and oxygen atoms in total. The molecule has 0 aromatic heterocycles. The molecular weight excluding hydrogens is 473 g/mol. The van der Waals surface area contributed by atoms with E-state index in [2.05, 4.69) is 5.32 Å². The van der Waals surface area contributed by atoms with E-state index >= 15 is 0 Å². The molecule has 1 aliphatic heterocycles. The first-order valence-corrected chi connectivity index (χ1v) is 11.3. The number of halogens is 3. The van der Waals surface area contributed by atoms with Crippen LogP contribution in [0, 0.1) is 6.92 Å². The number of hydrogen-bond acceptors (Lipinski definition) is 4. The molecule has 1 atom stereocenters. The second kappa shape index (κ2) is 10.0. The van der Waals surface area contributed by atoms with Gasteiger partial charge in [0.05, 0.1) is 32.9 Å². The van der Waals surface area contributed by atoms with Crippen LogP contribution in [0.25, 0.3) is 0 Å². The normalized spacial score (nSPS) is 15.2. The number of alkyl halides is 3. The zero-order valence-electron chi connectivity index (χ0n) is 20.4. The van der Waals surface area contributed by atoms with Crippen LogP contribution in [-0.4, -0.2) is 38.8 Å². The fourth-order valence-corrected chi connectivity index (χ4v) is 4.50. The van der Waals surface area contributed by atoms with Crippen molar-refractivity contribution >= 4 is 11.7 Å². The summed E-state index contributed by atoms with van der Waals surface area (Å²) in [5, 5.41) is 2.91. The minimum Gasteiger partial charge on any atom is -0.497 e. The highest BCUT2D eigenvalue weighted by Gasteiger charge is 2.36. The summed E-state index contributed by atoms with van der Waals surface area (Å²) in [6.07, 6.45) is -4.02. The van der Waals surface area contributed by atoms with Gasteiger partial charge in [-0.15, -0.1) is 0 Å². The van der Waals surface area contributed by atoms with Gasteiger partial charge in [-0.3, -0.25) is 0 Å². The van der Waals surface area contributed by atoms with Gasteiger partial charge in [-0.1, -0.05) is 12.1 Å². The van der Waals surface area contributed by atoms with Crippen molar-refractivity contribution in [2.75, 3.05) is 33.2 Å². The highest BCUT2D eigenvalue weighted by molar-refractivity contribution is 5.91. The Bertz CT molecular complexity index is 1280. The zero-order valence-corrected chi connectivity index (χ0v) is 20.4. The number of amides is 2. The van der Waals surface area contributed by atoms with Crippen LogP contribution in [0.4, 0.5) is 23.7 Å². The van der Waals surface area contributed by atoms with Crippen molar-refractivity contribution in [1.82, 2.24) is 4.90 Å². The number of benzene rings is 3. The van der Waals surface area contributed by atoms with E-state index in [-0.39, 0.29) is 0 Å². The predicted molar refractivity (Wildman–Crippen MR) is 130 cm³/mol. The summed E-state index contributed by atoms with van der Waals surface area (Å²) < 4.78 is 56.8. The molecule has 1 heterocycles. The SMILES string of the molecule is COc1ccc(NC(=O)N2CCc3cc(OC)c(OC)cc3C2c2cccc(C(F)(F)F)c2)c(C)c1. The molecule has 0 saturated heterocycles. The Morgan fingerprint density at radius 1 is 0.972 bits per heavy atom. The summed E-state index contributed by atoms with van der Waals surface area (Å²) in [6, 6.07) is 12.7. The molecule has 1 unspecified atom stereocenters. The molecule has 0 radical (unpaired) electrons. The van der Waals surface area contributed by atoms with E-state index in [0.29, 0.717) is 47.0 Å². The number of urea groups is 1. The van der Waals surface area contributed by atoms with Gasteiger partial charge in [-0.2, -0.15) is 13.2 Å². The largest absolute Gasteiger partial charge is 0.497 e. The van der Waals surface area contributed by atoms with Crippen molar-refractivity contribution in [3.63, 3.8) is 0 Å². The molecule has 0 bridgehead atoms. The number of hydrogen-bond donors (Lipinski definition) is 1. The van der Waals surface area contributed by atoms with Gasteiger partial charge in [-0.25, -0.2) is 4.79 Å². The van der Waals surface area contributed by atoms with E-state index in [1.165, 1.54) is 20.3 Å². The summed E-state index contributed by atoms with van der Waals surface area (Å²) in [7, 11) is 4.57. The number of nitrogens with one attached hydrogen (secondary N) is 1. The Morgan fingerprint density at radius 2 is 1.69 bits per heavy atom. The fraction of sp³-hybridized carbons (Fsp3) is 0.296. The maximum atomic E-state index is 13.6. The van der Waals surface area contributed by atoms with Crippen LogP contribution in [0.5, 0.6) is 17.2 Å². The van der Waals surface area contributed by atoms with E-state index in [1.807, 2.05) is 13.0 Å². The van der Waals surface area contributed by atoms with Gasteiger partial charge < -0.3 is 24.4 Å². The van der Waals surface area contributed by atoms with Crippen LogP contribution in [0.3, 0.4) is 0 Å². The lowest BCUT2D eigenvalue weighted by molar-refractivity contribution is -0.137. The van der Waals surface area contributed by atoms with E-state index in [9.17, 15) is 18.0 Å².